The smallest absolute Gasteiger partial charge is 0.193 e. The number of furan rings is 1. The van der Waals surface area contributed by atoms with Crippen molar-refractivity contribution in [1.82, 2.24) is 15.2 Å². The number of halogens is 2. The van der Waals surface area contributed by atoms with Gasteiger partial charge in [-0.15, -0.1) is 0 Å². The molecule has 0 aliphatic heterocycles. The summed E-state index contributed by atoms with van der Waals surface area (Å²) in [5.74, 6) is 6.19. The number of nitrogens with zero attached hydrogens (tertiary/aromatic N) is 2. The molecule has 0 fully saturated rings. The van der Waals surface area contributed by atoms with Gasteiger partial charge in [-0.05, 0) is 30.2 Å². The zero-order valence-electron chi connectivity index (χ0n) is 9.86. The van der Waals surface area contributed by atoms with E-state index in [1.807, 2.05) is 4.68 Å². The van der Waals surface area contributed by atoms with Crippen LogP contribution in [0.2, 0.25) is 10.2 Å². The van der Waals surface area contributed by atoms with Gasteiger partial charge in [-0.3, -0.25) is 10.5 Å². The van der Waals surface area contributed by atoms with E-state index in [0.29, 0.717) is 16.0 Å². The van der Waals surface area contributed by atoms with Crippen molar-refractivity contribution in [1.29, 1.82) is 0 Å². The Balaban J connectivity index is 2.41. The summed E-state index contributed by atoms with van der Waals surface area (Å²) in [6, 6.07) is 3.04. The van der Waals surface area contributed by atoms with Gasteiger partial charge in [0.1, 0.15) is 11.8 Å². The summed E-state index contributed by atoms with van der Waals surface area (Å²) in [5, 5.41) is 5.07. The Kier molecular flexibility index (Phi) is 4.29. The lowest BCUT2D eigenvalue weighted by Crippen LogP contribution is -2.30. The van der Waals surface area contributed by atoms with Crippen LogP contribution in [-0.4, -0.2) is 9.78 Å². The molecule has 0 saturated heterocycles. The average molecular weight is 289 g/mol. The molecule has 0 amide bonds. The van der Waals surface area contributed by atoms with Crippen LogP contribution >= 0.6 is 23.2 Å². The van der Waals surface area contributed by atoms with E-state index in [1.54, 1.807) is 18.3 Å². The maximum absolute atomic E-state index is 6.16. The van der Waals surface area contributed by atoms with Crippen LogP contribution in [0.1, 0.15) is 30.8 Å². The standard InChI is InChI=1S/C11H14Cl2N4O/c1-2-5-17-11(7(12)6-15-17)10(16-14)8-3-4-9(13)18-8/h3-4,6,10,16H,2,5,14H2,1H3. The molecule has 2 rings (SSSR count). The quantitative estimate of drug-likeness (QED) is 0.656. The first-order valence-corrected chi connectivity index (χ1v) is 6.35. The van der Waals surface area contributed by atoms with Gasteiger partial charge in [0.15, 0.2) is 5.22 Å². The lowest BCUT2D eigenvalue weighted by atomic mass is 10.1. The molecule has 18 heavy (non-hydrogen) atoms. The minimum absolute atomic E-state index is 0.308. The van der Waals surface area contributed by atoms with E-state index in [9.17, 15) is 0 Å². The van der Waals surface area contributed by atoms with Crippen LogP contribution in [0.25, 0.3) is 0 Å². The van der Waals surface area contributed by atoms with Gasteiger partial charge in [-0.2, -0.15) is 5.10 Å². The molecule has 0 aliphatic rings. The number of rotatable bonds is 5. The van der Waals surface area contributed by atoms with Crippen LogP contribution in [0.5, 0.6) is 0 Å². The van der Waals surface area contributed by atoms with E-state index in [-0.39, 0.29) is 6.04 Å². The lowest BCUT2D eigenvalue weighted by Gasteiger charge is -2.16. The van der Waals surface area contributed by atoms with Gasteiger partial charge in [0.05, 0.1) is 16.9 Å². The molecule has 1 atom stereocenters. The summed E-state index contributed by atoms with van der Waals surface area (Å²) in [5.41, 5.74) is 3.45. The Labute approximate surface area is 115 Å². The van der Waals surface area contributed by atoms with Crippen molar-refractivity contribution >= 4 is 23.2 Å². The molecule has 0 saturated carbocycles. The Hall–Kier alpha value is -1.01. The Morgan fingerprint density at radius 1 is 1.50 bits per heavy atom. The summed E-state index contributed by atoms with van der Waals surface area (Å²) in [6.07, 6.45) is 2.54. The minimum Gasteiger partial charge on any atom is -0.448 e. The molecular formula is C11H14Cl2N4O. The van der Waals surface area contributed by atoms with Gasteiger partial charge in [0, 0.05) is 6.54 Å². The van der Waals surface area contributed by atoms with Gasteiger partial charge in [-0.25, -0.2) is 5.43 Å². The van der Waals surface area contributed by atoms with Crippen molar-refractivity contribution in [2.45, 2.75) is 25.9 Å². The fraction of sp³-hybridized carbons (Fsp3) is 0.364. The zero-order valence-corrected chi connectivity index (χ0v) is 11.4. The molecule has 2 aromatic rings. The highest BCUT2D eigenvalue weighted by Crippen LogP contribution is 2.30. The number of hydrogen-bond acceptors (Lipinski definition) is 4. The van der Waals surface area contributed by atoms with E-state index in [0.717, 1.165) is 18.7 Å². The minimum atomic E-state index is -0.376. The SMILES string of the molecule is CCCn1ncc(Cl)c1C(NN)c1ccc(Cl)o1. The normalized spacial score (nSPS) is 12.9. The van der Waals surface area contributed by atoms with Crippen molar-refractivity contribution in [3.63, 3.8) is 0 Å². The predicted octanol–water partition coefficient (Wildman–Crippen LogP) is 2.75. The number of aromatic nitrogens is 2. The van der Waals surface area contributed by atoms with Gasteiger partial charge in [0.25, 0.3) is 0 Å². The monoisotopic (exact) mass is 288 g/mol. The highest BCUT2D eigenvalue weighted by molar-refractivity contribution is 6.31. The zero-order chi connectivity index (χ0) is 13.1. The second kappa shape index (κ2) is 5.75. The molecule has 7 heteroatoms. The molecule has 0 spiro atoms. The molecule has 0 aliphatic carbocycles. The topological polar surface area (TPSA) is 69.0 Å². The second-order valence-electron chi connectivity index (χ2n) is 3.84. The first-order valence-electron chi connectivity index (χ1n) is 5.60. The number of nitrogens with two attached hydrogens (primary N) is 1. The largest absolute Gasteiger partial charge is 0.448 e. The Bertz CT molecular complexity index is 523. The first-order chi connectivity index (χ1) is 8.67. The summed E-state index contributed by atoms with van der Waals surface area (Å²) < 4.78 is 7.18. The van der Waals surface area contributed by atoms with Crippen LogP contribution in [0.3, 0.4) is 0 Å². The molecule has 98 valence electrons. The first kappa shape index (κ1) is 13.4. The van der Waals surface area contributed by atoms with Crippen LogP contribution in [0.4, 0.5) is 0 Å². The maximum Gasteiger partial charge on any atom is 0.193 e. The Morgan fingerprint density at radius 2 is 2.28 bits per heavy atom. The summed E-state index contributed by atoms with van der Waals surface area (Å²) >= 11 is 11.9. The molecule has 1 unspecified atom stereocenters. The van der Waals surface area contributed by atoms with E-state index >= 15 is 0 Å². The van der Waals surface area contributed by atoms with Crippen LogP contribution in [0.15, 0.2) is 22.7 Å². The summed E-state index contributed by atoms with van der Waals surface area (Å²) in [7, 11) is 0. The number of hydrazine groups is 1. The van der Waals surface area contributed by atoms with Crippen molar-refractivity contribution in [2.24, 2.45) is 5.84 Å². The average Bonchev–Trinajstić information content (AvgIpc) is 2.91. The lowest BCUT2D eigenvalue weighted by molar-refractivity contribution is 0.429. The third kappa shape index (κ3) is 2.54. The van der Waals surface area contributed by atoms with Crippen molar-refractivity contribution in [2.75, 3.05) is 0 Å². The second-order valence-corrected chi connectivity index (χ2v) is 4.62. The molecule has 5 nitrogen and oxygen atoms in total. The fourth-order valence-electron chi connectivity index (χ4n) is 1.83. The molecule has 2 aromatic heterocycles. The fourth-order valence-corrected chi connectivity index (χ4v) is 2.23. The number of hydrogen-bond donors (Lipinski definition) is 2. The molecule has 2 heterocycles. The predicted molar refractivity (Wildman–Crippen MR) is 70.4 cm³/mol. The van der Waals surface area contributed by atoms with Crippen molar-refractivity contribution in [3.8, 4) is 0 Å². The summed E-state index contributed by atoms with van der Waals surface area (Å²) in [4.78, 5) is 0. The molecular weight excluding hydrogens is 275 g/mol. The van der Waals surface area contributed by atoms with Crippen LogP contribution in [-0.2, 0) is 6.54 Å². The van der Waals surface area contributed by atoms with Crippen molar-refractivity contribution in [3.05, 3.63) is 40.0 Å². The van der Waals surface area contributed by atoms with E-state index in [1.165, 1.54) is 0 Å². The van der Waals surface area contributed by atoms with Gasteiger partial charge < -0.3 is 4.42 Å². The van der Waals surface area contributed by atoms with E-state index in [4.69, 9.17) is 33.5 Å². The van der Waals surface area contributed by atoms with E-state index in [2.05, 4.69) is 17.4 Å². The van der Waals surface area contributed by atoms with Gasteiger partial charge >= 0.3 is 0 Å². The Morgan fingerprint density at radius 3 is 2.83 bits per heavy atom. The van der Waals surface area contributed by atoms with Crippen molar-refractivity contribution < 1.29 is 4.42 Å². The molecule has 3 N–H and O–H groups in total. The van der Waals surface area contributed by atoms with Gasteiger partial charge in [-0.1, -0.05) is 18.5 Å². The third-order valence-electron chi connectivity index (χ3n) is 2.59. The highest BCUT2D eigenvalue weighted by atomic mass is 35.5. The molecule has 0 aromatic carbocycles. The number of nitrogens with one attached hydrogen (secondary N) is 1. The summed E-state index contributed by atoms with van der Waals surface area (Å²) in [6.45, 7) is 2.82. The highest BCUT2D eigenvalue weighted by Gasteiger charge is 2.23. The van der Waals surface area contributed by atoms with E-state index < -0.39 is 0 Å². The number of aryl methyl sites for hydroxylation is 1. The molecule has 0 bridgehead atoms. The molecule has 0 radical (unpaired) electrons. The third-order valence-corrected chi connectivity index (χ3v) is 3.08. The van der Waals surface area contributed by atoms with Gasteiger partial charge in [0.2, 0.25) is 0 Å². The maximum atomic E-state index is 6.16. The van der Waals surface area contributed by atoms with Crippen LogP contribution < -0.4 is 11.3 Å². The van der Waals surface area contributed by atoms with Crippen LogP contribution in [0, 0.1) is 0 Å².